The van der Waals surface area contributed by atoms with Crippen molar-refractivity contribution in [3.63, 3.8) is 0 Å². The summed E-state index contributed by atoms with van der Waals surface area (Å²) in [5, 5.41) is 0. The van der Waals surface area contributed by atoms with Gasteiger partial charge in [-0.05, 0) is 23.8 Å². The van der Waals surface area contributed by atoms with Crippen LogP contribution in [0.15, 0.2) is 60.8 Å². The Morgan fingerprint density at radius 2 is 1.67 bits per heavy atom. The topological polar surface area (TPSA) is 59.5 Å². The van der Waals surface area contributed by atoms with E-state index in [1.54, 1.807) is 24.4 Å². The summed E-state index contributed by atoms with van der Waals surface area (Å²) in [5.41, 5.74) is 0.855. The summed E-state index contributed by atoms with van der Waals surface area (Å²) in [5.74, 6) is 0.594. The molecule has 104 valence electrons. The lowest BCUT2D eigenvalue weighted by molar-refractivity contribution is -0.137. The van der Waals surface area contributed by atoms with Gasteiger partial charge in [-0.15, -0.1) is 0 Å². The number of carbonyl (C=O) groups excluding carboxylic acids is 2. The fraction of sp³-hybridized carbons (Fsp3) is 0.0625. The minimum Gasteiger partial charge on any atom is -0.439 e. The smallest absolute Gasteiger partial charge is 0.253 e. The van der Waals surface area contributed by atoms with E-state index in [-0.39, 0.29) is 18.4 Å². The van der Waals surface area contributed by atoms with Crippen LogP contribution < -0.4 is 4.74 Å². The highest BCUT2D eigenvalue weighted by Crippen LogP contribution is 2.20. The summed E-state index contributed by atoms with van der Waals surface area (Å²) < 4.78 is 5.57. The molecule has 0 unspecified atom stereocenters. The highest BCUT2D eigenvalue weighted by atomic mass is 16.5. The number of ether oxygens (including phenoxy) is 1. The van der Waals surface area contributed by atoms with Crippen molar-refractivity contribution in [1.82, 2.24) is 9.88 Å². The van der Waals surface area contributed by atoms with Crippen LogP contribution in [-0.2, 0) is 16.1 Å². The molecule has 21 heavy (non-hydrogen) atoms. The second-order valence-electron chi connectivity index (χ2n) is 4.51. The molecule has 0 aliphatic carbocycles. The van der Waals surface area contributed by atoms with Crippen molar-refractivity contribution in [1.29, 1.82) is 0 Å². The number of aromatic nitrogens is 1. The normalized spacial score (nSPS) is 13.8. The minimum absolute atomic E-state index is 0.258. The number of pyridine rings is 1. The van der Waals surface area contributed by atoms with Gasteiger partial charge in [-0.3, -0.25) is 14.5 Å². The monoisotopic (exact) mass is 280 g/mol. The van der Waals surface area contributed by atoms with Crippen LogP contribution in [0.1, 0.15) is 5.56 Å². The molecule has 2 aromatic rings. The molecule has 1 aromatic heterocycles. The Balaban J connectivity index is 1.67. The molecule has 0 bridgehead atoms. The summed E-state index contributed by atoms with van der Waals surface area (Å²) in [6.45, 7) is 0.258. The third-order valence-corrected chi connectivity index (χ3v) is 3.02. The molecule has 1 aromatic carbocycles. The predicted molar refractivity (Wildman–Crippen MR) is 75.5 cm³/mol. The van der Waals surface area contributed by atoms with Crippen LogP contribution in [0, 0.1) is 0 Å². The highest BCUT2D eigenvalue weighted by Gasteiger charge is 2.23. The van der Waals surface area contributed by atoms with E-state index in [2.05, 4.69) is 4.98 Å². The molecule has 0 spiro atoms. The van der Waals surface area contributed by atoms with Crippen LogP contribution in [-0.4, -0.2) is 21.7 Å². The van der Waals surface area contributed by atoms with E-state index in [1.165, 1.54) is 17.1 Å². The van der Waals surface area contributed by atoms with Gasteiger partial charge in [0, 0.05) is 24.4 Å². The number of amides is 2. The van der Waals surface area contributed by atoms with E-state index in [4.69, 9.17) is 4.74 Å². The lowest BCUT2D eigenvalue weighted by atomic mass is 10.2. The quantitative estimate of drug-likeness (QED) is 0.806. The Labute approximate surface area is 121 Å². The Kier molecular flexibility index (Phi) is 3.47. The molecule has 3 rings (SSSR count). The van der Waals surface area contributed by atoms with Crippen LogP contribution in [0.2, 0.25) is 0 Å². The maximum Gasteiger partial charge on any atom is 0.253 e. The Morgan fingerprint density at radius 3 is 2.29 bits per heavy atom. The van der Waals surface area contributed by atoms with Crippen LogP contribution in [0.4, 0.5) is 0 Å². The van der Waals surface area contributed by atoms with Crippen LogP contribution in [0.25, 0.3) is 0 Å². The molecule has 2 heterocycles. The van der Waals surface area contributed by atoms with Gasteiger partial charge in [-0.2, -0.15) is 0 Å². The van der Waals surface area contributed by atoms with E-state index < -0.39 is 0 Å². The molecule has 0 atom stereocenters. The first kappa shape index (κ1) is 13.1. The molecule has 0 saturated carbocycles. The molecular formula is C16H12N2O3. The number of imide groups is 1. The fourth-order valence-electron chi connectivity index (χ4n) is 1.96. The Morgan fingerprint density at radius 1 is 0.952 bits per heavy atom. The number of nitrogens with zero attached hydrogens (tertiary/aromatic N) is 2. The summed E-state index contributed by atoms with van der Waals surface area (Å²) in [6, 6.07) is 12.6. The molecular weight excluding hydrogens is 268 g/mol. The van der Waals surface area contributed by atoms with Crippen molar-refractivity contribution in [2.75, 3.05) is 0 Å². The first-order chi connectivity index (χ1) is 10.2. The van der Waals surface area contributed by atoms with Crippen molar-refractivity contribution >= 4 is 11.8 Å². The Hall–Kier alpha value is -2.95. The summed E-state index contributed by atoms with van der Waals surface area (Å²) in [7, 11) is 0. The highest BCUT2D eigenvalue weighted by molar-refractivity contribution is 6.12. The van der Waals surface area contributed by atoms with Gasteiger partial charge in [0.2, 0.25) is 5.88 Å². The lowest BCUT2D eigenvalue weighted by Crippen LogP contribution is -2.29. The van der Waals surface area contributed by atoms with E-state index >= 15 is 0 Å². The average Bonchev–Trinajstić information content (AvgIpc) is 2.82. The van der Waals surface area contributed by atoms with Gasteiger partial charge in [0.1, 0.15) is 5.75 Å². The third kappa shape index (κ3) is 2.97. The number of hydrogen-bond donors (Lipinski definition) is 0. The third-order valence-electron chi connectivity index (χ3n) is 3.02. The lowest BCUT2D eigenvalue weighted by Gasteiger charge is -2.13. The second kappa shape index (κ2) is 5.58. The summed E-state index contributed by atoms with van der Waals surface area (Å²) >= 11 is 0. The van der Waals surface area contributed by atoms with Crippen LogP contribution in [0.5, 0.6) is 11.6 Å². The maximum absolute atomic E-state index is 11.5. The van der Waals surface area contributed by atoms with Crippen LogP contribution in [0.3, 0.4) is 0 Å². The first-order valence-corrected chi connectivity index (χ1v) is 6.44. The van der Waals surface area contributed by atoms with E-state index in [0.29, 0.717) is 11.6 Å². The van der Waals surface area contributed by atoms with E-state index in [9.17, 15) is 9.59 Å². The molecule has 0 fully saturated rings. The number of carbonyl (C=O) groups is 2. The van der Waals surface area contributed by atoms with Crippen molar-refractivity contribution in [2.45, 2.75) is 6.54 Å². The molecule has 5 heteroatoms. The zero-order valence-corrected chi connectivity index (χ0v) is 11.1. The van der Waals surface area contributed by atoms with Gasteiger partial charge >= 0.3 is 0 Å². The molecule has 1 aliphatic rings. The molecule has 1 aliphatic heterocycles. The maximum atomic E-state index is 11.5. The summed E-state index contributed by atoms with van der Waals surface area (Å²) in [6.07, 6.45) is 4.21. The minimum atomic E-state index is -0.284. The number of benzene rings is 1. The fourth-order valence-corrected chi connectivity index (χ4v) is 1.96. The zero-order chi connectivity index (χ0) is 14.7. The van der Waals surface area contributed by atoms with Crippen molar-refractivity contribution in [3.8, 4) is 11.6 Å². The first-order valence-electron chi connectivity index (χ1n) is 6.44. The van der Waals surface area contributed by atoms with Gasteiger partial charge in [0.05, 0.1) is 6.54 Å². The molecule has 0 saturated heterocycles. The van der Waals surface area contributed by atoms with Crippen molar-refractivity contribution < 1.29 is 14.3 Å². The predicted octanol–water partition coefficient (Wildman–Crippen LogP) is 2.30. The standard InChI is InChI=1S/C16H12N2O3/c19-15-8-9-16(20)18(15)11-12-4-6-13(7-5-12)21-14-3-1-2-10-17-14/h1-10H,11H2. The van der Waals surface area contributed by atoms with Gasteiger partial charge in [0.25, 0.3) is 11.8 Å². The van der Waals surface area contributed by atoms with Gasteiger partial charge in [-0.25, -0.2) is 4.98 Å². The van der Waals surface area contributed by atoms with Crippen molar-refractivity contribution in [3.05, 3.63) is 66.4 Å². The van der Waals surface area contributed by atoms with Gasteiger partial charge in [-0.1, -0.05) is 18.2 Å². The molecule has 0 N–H and O–H groups in total. The second-order valence-corrected chi connectivity index (χ2v) is 4.51. The van der Waals surface area contributed by atoms with Gasteiger partial charge < -0.3 is 4.74 Å². The number of rotatable bonds is 4. The van der Waals surface area contributed by atoms with Gasteiger partial charge in [0.15, 0.2) is 0 Å². The molecule has 5 nitrogen and oxygen atoms in total. The Bertz CT molecular complexity index is 675. The van der Waals surface area contributed by atoms with Crippen molar-refractivity contribution in [2.24, 2.45) is 0 Å². The average molecular weight is 280 g/mol. The molecule has 2 amide bonds. The summed E-state index contributed by atoms with van der Waals surface area (Å²) in [4.78, 5) is 28.2. The zero-order valence-electron chi connectivity index (χ0n) is 11.1. The van der Waals surface area contributed by atoms with Crippen LogP contribution >= 0.6 is 0 Å². The SMILES string of the molecule is O=C1C=CC(=O)N1Cc1ccc(Oc2ccccn2)cc1. The number of hydrogen-bond acceptors (Lipinski definition) is 4. The van der Waals surface area contributed by atoms with E-state index in [1.807, 2.05) is 24.3 Å². The molecule has 0 radical (unpaired) electrons. The van der Waals surface area contributed by atoms with E-state index in [0.717, 1.165) is 5.56 Å². The largest absolute Gasteiger partial charge is 0.439 e.